The fourth-order valence-electron chi connectivity index (χ4n) is 5.77. The molecule has 0 spiro atoms. The zero-order valence-corrected chi connectivity index (χ0v) is 21.3. The van der Waals surface area contributed by atoms with E-state index in [0.29, 0.717) is 29.6 Å². The molecule has 0 bridgehead atoms. The fraction of sp³-hybridized carbons (Fsp3) is 0.241. The Morgan fingerprint density at radius 3 is 2.33 bits per heavy atom. The number of nitrogens with one attached hydrogen (secondary N) is 1. The molecule has 182 valence electrons. The van der Waals surface area contributed by atoms with Gasteiger partial charge in [-0.15, -0.1) is 0 Å². The van der Waals surface area contributed by atoms with E-state index >= 15 is 0 Å². The van der Waals surface area contributed by atoms with Crippen LogP contribution in [0.5, 0.6) is 0 Å². The number of hydrogen-bond acceptors (Lipinski definition) is 2. The molecule has 5 nitrogen and oxygen atoms in total. The van der Waals surface area contributed by atoms with Crippen LogP contribution >= 0.6 is 23.2 Å². The number of aromatic nitrogens is 1. The van der Waals surface area contributed by atoms with Crippen LogP contribution in [-0.2, 0) is 21.5 Å². The number of para-hydroxylation sites is 1. The van der Waals surface area contributed by atoms with Gasteiger partial charge in [0, 0.05) is 40.0 Å². The molecule has 2 aliphatic rings. The van der Waals surface area contributed by atoms with Crippen LogP contribution in [0.1, 0.15) is 35.2 Å². The third kappa shape index (κ3) is 3.61. The van der Waals surface area contributed by atoms with E-state index in [9.17, 15) is 9.59 Å². The molecule has 6 rings (SSSR count). The van der Waals surface area contributed by atoms with E-state index in [2.05, 4.69) is 11.1 Å². The minimum absolute atomic E-state index is 0.0449. The van der Waals surface area contributed by atoms with E-state index < -0.39 is 5.54 Å². The summed E-state index contributed by atoms with van der Waals surface area (Å²) in [5, 5.41) is 2.42. The summed E-state index contributed by atoms with van der Waals surface area (Å²) in [5.74, 6) is -0.172. The molecule has 3 aromatic carbocycles. The van der Waals surface area contributed by atoms with E-state index in [4.69, 9.17) is 23.2 Å². The lowest BCUT2D eigenvalue weighted by Crippen LogP contribution is -2.67. The topological polar surface area (TPSA) is 56.4 Å². The van der Waals surface area contributed by atoms with Crippen LogP contribution in [-0.4, -0.2) is 46.2 Å². The van der Waals surface area contributed by atoms with Gasteiger partial charge < -0.3 is 14.8 Å². The van der Waals surface area contributed by atoms with Crippen molar-refractivity contribution in [2.24, 2.45) is 0 Å². The highest BCUT2D eigenvalue weighted by molar-refractivity contribution is 6.30. The van der Waals surface area contributed by atoms with Crippen LogP contribution in [0.3, 0.4) is 0 Å². The van der Waals surface area contributed by atoms with Crippen molar-refractivity contribution in [3.63, 3.8) is 0 Å². The number of piperazine rings is 1. The monoisotopic (exact) mass is 517 g/mol. The first-order chi connectivity index (χ1) is 17.4. The Kier molecular flexibility index (Phi) is 5.58. The molecule has 0 unspecified atom stereocenters. The van der Waals surface area contributed by atoms with Crippen LogP contribution in [0.2, 0.25) is 10.0 Å². The standard InChI is InChI=1S/C29H25Cl2N3O2/c1-29-27-26(22-4-2-3-5-24(22)32-27)23(19-8-12-21(31)13-9-19)16-34(29)25(35)17-33(28(29)36)15-14-18-6-10-20(30)11-7-18/h2-13,23,32H,14-17H2,1H3/t23-,29+/m1/s1. The molecule has 36 heavy (non-hydrogen) atoms. The summed E-state index contributed by atoms with van der Waals surface area (Å²) in [5.41, 5.74) is 3.87. The molecule has 0 aliphatic carbocycles. The maximum atomic E-state index is 14.1. The summed E-state index contributed by atoms with van der Waals surface area (Å²) in [6, 6.07) is 23.5. The van der Waals surface area contributed by atoms with Gasteiger partial charge in [0.15, 0.2) is 5.54 Å². The third-order valence-electron chi connectivity index (χ3n) is 7.67. The highest BCUT2D eigenvalue weighted by Crippen LogP contribution is 2.48. The Bertz CT molecular complexity index is 1480. The van der Waals surface area contributed by atoms with Crippen molar-refractivity contribution < 1.29 is 9.59 Å². The second-order valence-corrected chi connectivity index (χ2v) is 10.6. The number of carbonyl (C=O) groups is 2. The number of halogens is 2. The number of hydrogen-bond donors (Lipinski definition) is 1. The van der Waals surface area contributed by atoms with Crippen molar-refractivity contribution in [1.82, 2.24) is 14.8 Å². The van der Waals surface area contributed by atoms with Gasteiger partial charge in [-0.1, -0.05) is 65.7 Å². The molecule has 0 radical (unpaired) electrons. The molecule has 0 saturated carbocycles. The lowest BCUT2D eigenvalue weighted by atomic mass is 9.76. The predicted molar refractivity (Wildman–Crippen MR) is 142 cm³/mol. The molecule has 2 atom stereocenters. The Morgan fingerprint density at radius 1 is 0.944 bits per heavy atom. The molecular weight excluding hydrogens is 493 g/mol. The van der Waals surface area contributed by atoms with Crippen molar-refractivity contribution >= 4 is 45.9 Å². The number of H-pyrrole nitrogens is 1. The second-order valence-electron chi connectivity index (χ2n) is 9.74. The minimum Gasteiger partial charge on any atom is -0.356 e. The van der Waals surface area contributed by atoms with Gasteiger partial charge in [-0.2, -0.15) is 0 Å². The fourth-order valence-corrected chi connectivity index (χ4v) is 6.02. The number of amides is 2. The number of rotatable bonds is 4. The zero-order valence-electron chi connectivity index (χ0n) is 19.8. The highest BCUT2D eigenvalue weighted by Gasteiger charge is 2.56. The summed E-state index contributed by atoms with van der Waals surface area (Å²) >= 11 is 12.2. The summed E-state index contributed by atoms with van der Waals surface area (Å²) in [4.78, 5) is 34.7. The average Bonchev–Trinajstić information content (AvgIpc) is 3.28. The number of nitrogens with zero attached hydrogens (tertiary/aromatic N) is 2. The number of aromatic amines is 1. The van der Waals surface area contributed by atoms with Gasteiger partial charge in [-0.05, 0) is 60.4 Å². The summed E-state index contributed by atoms with van der Waals surface area (Å²) in [7, 11) is 0. The smallest absolute Gasteiger partial charge is 0.254 e. The van der Waals surface area contributed by atoms with Crippen LogP contribution in [0.15, 0.2) is 72.8 Å². The maximum Gasteiger partial charge on any atom is 0.254 e. The molecule has 1 N–H and O–H groups in total. The van der Waals surface area contributed by atoms with Crippen molar-refractivity contribution in [2.45, 2.75) is 24.8 Å². The Morgan fingerprint density at radius 2 is 1.61 bits per heavy atom. The maximum absolute atomic E-state index is 14.1. The van der Waals surface area contributed by atoms with Crippen molar-refractivity contribution in [1.29, 1.82) is 0 Å². The van der Waals surface area contributed by atoms with Crippen molar-refractivity contribution in [2.75, 3.05) is 19.6 Å². The number of carbonyl (C=O) groups excluding carboxylic acids is 2. The van der Waals surface area contributed by atoms with Gasteiger partial charge in [-0.3, -0.25) is 9.59 Å². The number of benzene rings is 3. The molecule has 2 aliphatic heterocycles. The first-order valence-corrected chi connectivity index (χ1v) is 12.8. The molecular formula is C29H25Cl2N3O2. The van der Waals surface area contributed by atoms with Gasteiger partial charge in [-0.25, -0.2) is 0 Å². The molecule has 4 aromatic rings. The normalized spacial score (nSPS) is 21.6. The van der Waals surface area contributed by atoms with Crippen molar-refractivity contribution in [3.05, 3.63) is 105 Å². The molecule has 2 amide bonds. The van der Waals surface area contributed by atoms with Gasteiger partial charge >= 0.3 is 0 Å². The van der Waals surface area contributed by atoms with Crippen molar-refractivity contribution in [3.8, 4) is 0 Å². The van der Waals surface area contributed by atoms with E-state index in [1.807, 2.05) is 73.7 Å². The predicted octanol–water partition coefficient (Wildman–Crippen LogP) is 5.75. The SMILES string of the molecule is C[C@]12C(=O)N(CCc3ccc(Cl)cc3)CC(=O)N1C[C@H](c1ccc(Cl)cc1)c1c2[nH]c2ccccc12. The summed E-state index contributed by atoms with van der Waals surface area (Å²) in [6.45, 7) is 2.85. The first-order valence-electron chi connectivity index (χ1n) is 12.1. The van der Waals surface area contributed by atoms with E-state index in [1.165, 1.54) is 0 Å². The highest BCUT2D eigenvalue weighted by atomic mass is 35.5. The van der Waals surface area contributed by atoms with Gasteiger partial charge in [0.2, 0.25) is 5.91 Å². The molecule has 1 aromatic heterocycles. The molecule has 1 fully saturated rings. The molecule has 1 saturated heterocycles. The van der Waals surface area contributed by atoms with Gasteiger partial charge in [0.05, 0.1) is 12.2 Å². The Labute approximate surface area is 219 Å². The van der Waals surface area contributed by atoms with Crippen LogP contribution in [0.4, 0.5) is 0 Å². The minimum atomic E-state index is -1.10. The third-order valence-corrected chi connectivity index (χ3v) is 8.18. The van der Waals surface area contributed by atoms with Crippen LogP contribution < -0.4 is 0 Å². The lowest BCUT2D eigenvalue weighted by molar-refractivity contribution is -0.166. The van der Waals surface area contributed by atoms with Crippen LogP contribution in [0.25, 0.3) is 10.9 Å². The quantitative estimate of drug-likeness (QED) is 0.374. The average molecular weight is 518 g/mol. The van der Waals surface area contributed by atoms with Gasteiger partial charge in [0.1, 0.15) is 0 Å². The molecule has 3 heterocycles. The summed E-state index contributed by atoms with van der Waals surface area (Å²) in [6.07, 6.45) is 0.652. The second kappa shape index (κ2) is 8.68. The Balaban J connectivity index is 1.43. The van der Waals surface area contributed by atoms with E-state index in [0.717, 1.165) is 33.3 Å². The lowest BCUT2D eigenvalue weighted by Gasteiger charge is -2.51. The summed E-state index contributed by atoms with van der Waals surface area (Å²) < 4.78 is 0. The van der Waals surface area contributed by atoms with E-state index in [-0.39, 0.29) is 24.3 Å². The zero-order chi connectivity index (χ0) is 25.0. The van der Waals surface area contributed by atoms with Gasteiger partial charge in [0.25, 0.3) is 5.91 Å². The Hall–Kier alpha value is -3.28. The van der Waals surface area contributed by atoms with Crippen LogP contribution in [0, 0.1) is 0 Å². The molecule has 7 heteroatoms. The first kappa shape index (κ1) is 23.1. The van der Waals surface area contributed by atoms with E-state index in [1.54, 1.807) is 9.80 Å². The largest absolute Gasteiger partial charge is 0.356 e. The number of fused-ring (bicyclic) bond motifs is 5.